The molecule has 2 aromatic rings. The van der Waals surface area contributed by atoms with Crippen LogP contribution in [0.15, 0.2) is 66.6 Å². The van der Waals surface area contributed by atoms with Gasteiger partial charge < -0.3 is 10.1 Å². The minimum atomic E-state index is -0.0939. The molecule has 0 aliphatic carbocycles. The van der Waals surface area contributed by atoms with E-state index in [-0.39, 0.29) is 5.78 Å². The topological polar surface area (TPSA) is 38.3 Å². The Balaban J connectivity index is 2.18. The van der Waals surface area contributed by atoms with Gasteiger partial charge in [-0.15, -0.1) is 0 Å². The van der Waals surface area contributed by atoms with Crippen molar-refractivity contribution in [3.63, 3.8) is 0 Å². The highest BCUT2D eigenvalue weighted by atomic mass is 16.5. The molecule has 0 fully saturated rings. The molecule has 1 N–H and O–H groups in total. The van der Waals surface area contributed by atoms with Gasteiger partial charge in [-0.3, -0.25) is 4.79 Å². The molecule has 0 unspecified atom stereocenters. The Morgan fingerprint density at radius 1 is 1.05 bits per heavy atom. The zero-order chi connectivity index (χ0) is 14.4. The third kappa shape index (κ3) is 3.48. The van der Waals surface area contributed by atoms with Gasteiger partial charge in [-0.25, -0.2) is 0 Å². The molecule has 0 saturated heterocycles. The fourth-order valence-electron chi connectivity index (χ4n) is 1.80. The number of para-hydroxylation sites is 1. The summed E-state index contributed by atoms with van der Waals surface area (Å²) >= 11 is 0. The van der Waals surface area contributed by atoms with Gasteiger partial charge in [0.1, 0.15) is 0 Å². The highest BCUT2D eigenvalue weighted by molar-refractivity contribution is 6.04. The minimum Gasteiger partial charge on any atom is -0.482 e. The lowest BCUT2D eigenvalue weighted by Crippen LogP contribution is -2.06. The van der Waals surface area contributed by atoms with Gasteiger partial charge in [-0.2, -0.15) is 0 Å². The van der Waals surface area contributed by atoms with Crippen molar-refractivity contribution in [2.45, 2.75) is 6.92 Å². The first-order chi connectivity index (χ1) is 9.70. The van der Waals surface area contributed by atoms with E-state index in [1.54, 1.807) is 12.1 Å². The molecule has 0 saturated carbocycles. The van der Waals surface area contributed by atoms with E-state index in [9.17, 15) is 4.79 Å². The van der Waals surface area contributed by atoms with Gasteiger partial charge in [0.2, 0.25) is 0 Å². The maximum atomic E-state index is 12.1. The van der Waals surface area contributed by atoms with Crippen LogP contribution in [0.5, 0.6) is 0 Å². The number of rotatable bonds is 5. The van der Waals surface area contributed by atoms with Gasteiger partial charge >= 0.3 is 0 Å². The molecule has 0 amide bonds. The fourth-order valence-corrected chi connectivity index (χ4v) is 1.80. The highest BCUT2D eigenvalue weighted by Crippen LogP contribution is 2.16. The van der Waals surface area contributed by atoms with Gasteiger partial charge in [0.15, 0.2) is 11.7 Å². The van der Waals surface area contributed by atoms with E-state index in [0.29, 0.717) is 11.4 Å². The number of allylic oxidation sites excluding steroid dienone is 1. The summed E-state index contributed by atoms with van der Waals surface area (Å²) in [7, 11) is 1.54. The number of hydrogen-bond donors (Lipinski definition) is 1. The largest absolute Gasteiger partial charge is 0.482 e. The van der Waals surface area contributed by atoms with Gasteiger partial charge in [0.05, 0.1) is 7.11 Å². The van der Waals surface area contributed by atoms with Crippen molar-refractivity contribution in [2.75, 3.05) is 12.4 Å². The van der Waals surface area contributed by atoms with Crippen molar-refractivity contribution in [2.24, 2.45) is 0 Å². The van der Waals surface area contributed by atoms with Gasteiger partial charge in [0.25, 0.3) is 0 Å². The van der Waals surface area contributed by atoms with Crippen LogP contribution >= 0.6 is 0 Å². The molecule has 2 rings (SSSR count). The number of ether oxygens (including phenoxy) is 1. The summed E-state index contributed by atoms with van der Waals surface area (Å²) in [5, 5.41) is 3.12. The molecule has 0 spiro atoms. The number of nitrogens with one attached hydrogen (secondary N) is 1. The van der Waals surface area contributed by atoms with Crippen molar-refractivity contribution in [1.82, 2.24) is 0 Å². The normalized spacial score (nSPS) is 11.0. The summed E-state index contributed by atoms with van der Waals surface area (Å²) in [5.74, 6) is 0.330. The Labute approximate surface area is 118 Å². The first kappa shape index (κ1) is 13.9. The Bertz CT molecular complexity index is 618. The number of methoxy groups -OCH3 is 1. The lowest BCUT2D eigenvalue weighted by molar-refractivity contribution is 0.104. The predicted octanol–water partition coefficient (Wildman–Crippen LogP) is 3.78. The Morgan fingerprint density at radius 2 is 1.70 bits per heavy atom. The lowest BCUT2D eigenvalue weighted by atomic mass is 10.1. The van der Waals surface area contributed by atoms with E-state index in [2.05, 4.69) is 5.32 Å². The molecule has 0 radical (unpaired) electrons. The van der Waals surface area contributed by atoms with Crippen molar-refractivity contribution >= 4 is 11.5 Å². The SMILES string of the molecule is CO/C(=C/C(=O)c1ccccc1)Nc1ccccc1C. The van der Waals surface area contributed by atoms with Crippen LogP contribution in [0.2, 0.25) is 0 Å². The van der Waals surface area contributed by atoms with Crippen LogP contribution in [-0.4, -0.2) is 12.9 Å². The maximum absolute atomic E-state index is 12.1. The fraction of sp³-hybridized carbons (Fsp3) is 0.118. The van der Waals surface area contributed by atoms with Gasteiger partial charge in [-0.05, 0) is 18.6 Å². The molecule has 0 atom stereocenters. The molecule has 0 bridgehead atoms. The molecule has 20 heavy (non-hydrogen) atoms. The number of aryl methyl sites for hydroxylation is 1. The molecule has 0 aliphatic heterocycles. The first-order valence-electron chi connectivity index (χ1n) is 6.38. The second-order valence-electron chi connectivity index (χ2n) is 4.38. The Morgan fingerprint density at radius 3 is 2.35 bits per heavy atom. The van der Waals surface area contributed by atoms with Crippen LogP contribution in [-0.2, 0) is 4.74 Å². The monoisotopic (exact) mass is 267 g/mol. The predicted molar refractivity (Wildman–Crippen MR) is 80.7 cm³/mol. The van der Waals surface area contributed by atoms with E-state index in [4.69, 9.17) is 4.74 Å². The zero-order valence-corrected chi connectivity index (χ0v) is 11.6. The lowest BCUT2D eigenvalue weighted by Gasteiger charge is -2.11. The van der Waals surface area contributed by atoms with Crippen molar-refractivity contribution < 1.29 is 9.53 Å². The van der Waals surface area contributed by atoms with Crippen LogP contribution in [0.25, 0.3) is 0 Å². The smallest absolute Gasteiger partial charge is 0.194 e. The standard InChI is InChI=1S/C17H17NO2/c1-13-8-6-7-11-15(13)18-17(20-2)12-16(19)14-9-4-3-5-10-14/h3-12,18H,1-2H3/b17-12+. The number of hydrogen-bond acceptors (Lipinski definition) is 3. The van der Waals surface area contributed by atoms with Crippen molar-refractivity contribution in [1.29, 1.82) is 0 Å². The average molecular weight is 267 g/mol. The Hall–Kier alpha value is -2.55. The van der Waals surface area contributed by atoms with Crippen LogP contribution in [0.1, 0.15) is 15.9 Å². The summed E-state index contributed by atoms with van der Waals surface area (Å²) in [6.07, 6.45) is 1.46. The van der Waals surface area contributed by atoms with Crippen molar-refractivity contribution in [3.05, 3.63) is 77.7 Å². The molecule has 3 heteroatoms. The van der Waals surface area contributed by atoms with Gasteiger partial charge in [0, 0.05) is 17.3 Å². The minimum absolute atomic E-state index is 0.0939. The number of carbonyl (C=O) groups is 1. The molecule has 2 aromatic carbocycles. The van der Waals surface area contributed by atoms with E-state index < -0.39 is 0 Å². The van der Waals surface area contributed by atoms with E-state index in [1.807, 2.05) is 49.4 Å². The molecule has 0 aromatic heterocycles. The molecule has 102 valence electrons. The molecule has 0 heterocycles. The molecular formula is C17H17NO2. The number of anilines is 1. The summed E-state index contributed by atoms with van der Waals surface area (Å²) < 4.78 is 5.23. The molecular weight excluding hydrogens is 250 g/mol. The van der Waals surface area contributed by atoms with Crippen molar-refractivity contribution in [3.8, 4) is 0 Å². The van der Waals surface area contributed by atoms with Crippen LogP contribution < -0.4 is 5.32 Å². The maximum Gasteiger partial charge on any atom is 0.194 e. The number of ketones is 1. The summed E-state index contributed by atoms with van der Waals surface area (Å²) in [6.45, 7) is 1.99. The second kappa shape index (κ2) is 6.57. The Kier molecular flexibility index (Phi) is 4.56. The van der Waals surface area contributed by atoms with E-state index in [1.165, 1.54) is 13.2 Å². The van der Waals surface area contributed by atoms with Crippen LogP contribution in [0.3, 0.4) is 0 Å². The average Bonchev–Trinajstić information content (AvgIpc) is 2.49. The first-order valence-corrected chi connectivity index (χ1v) is 6.38. The third-order valence-electron chi connectivity index (χ3n) is 2.94. The number of benzene rings is 2. The van der Waals surface area contributed by atoms with Crippen LogP contribution in [0, 0.1) is 6.92 Å². The zero-order valence-electron chi connectivity index (χ0n) is 11.6. The number of carbonyl (C=O) groups excluding carboxylic acids is 1. The van der Waals surface area contributed by atoms with Gasteiger partial charge in [-0.1, -0.05) is 48.5 Å². The quantitative estimate of drug-likeness (QED) is 0.509. The summed E-state index contributed by atoms with van der Waals surface area (Å²) in [4.78, 5) is 12.1. The third-order valence-corrected chi connectivity index (χ3v) is 2.94. The highest BCUT2D eigenvalue weighted by Gasteiger charge is 2.06. The summed E-state index contributed by atoms with van der Waals surface area (Å²) in [5.41, 5.74) is 2.64. The van der Waals surface area contributed by atoms with E-state index in [0.717, 1.165) is 11.3 Å². The molecule has 0 aliphatic rings. The summed E-state index contributed by atoms with van der Waals surface area (Å²) in [6, 6.07) is 16.9. The van der Waals surface area contributed by atoms with E-state index >= 15 is 0 Å². The second-order valence-corrected chi connectivity index (χ2v) is 4.38. The molecule has 3 nitrogen and oxygen atoms in total. The van der Waals surface area contributed by atoms with Crippen LogP contribution in [0.4, 0.5) is 5.69 Å².